The maximum Gasteiger partial charge on any atom is 0.308 e. The molecule has 1 heterocycles. The van der Waals surface area contributed by atoms with E-state index in [1.807, 2.05) is 12.1 Å². The van der Waals surface area contributed by atoms with Crippen molar-refractivity contribution in [2.24, 2.45) is 0 Å². The average molecular weight is 479 g/mol. The number of fused-ring (bicyclic) bond motifs is 1. The highest BCUT2D eigenvalue weighted by Gasteiger charge is 2.17. The first-order chi connectivity index (χ1) is 14.3. The predicted molar refractivity (Wildman–Crippen MR) is 122 cm³/mol. The second-order valence-corrected chi connectivity index (χ2v) is 10.2. The van der Waals surface area contributed by atoms with E-state index in [1.54, 1.807) is 47.0 Å². The number of halogens is 2. The molecule has 30 heavy (non-hydrogen) atoms. The lowest BCUT2D eigenvalue weighted by atomic mass is 10.2. The number of nitrogens with zero attached hydrogens (tertiary/aromatic N) is 1. The van der Waals surface area contributed by atoms with Gasteiger partial charge in [-0.25, -0.2) is 13.1 Å². The van der Waals surface area contributed by atoms with Crippen LogP contribution in [0.3, 0.4) is 0 Å². The SMILES string of the molecule is O=c1sc2cc(S(=O)(=O)NCc3ccccc3Cl)ccc2n1Cc1ccc(Cl)cc1. The number of hydrogen-bond donors (Lipinski definition) is 1. The quantitative estimate of drug-likeness (QED) is 0.428. The van der Waals surface area contributed by atoms with Gasteiger partial charge >= 0.3 is 4.87 Å². The summed E-state index contributed by atoms with van der Waals surface area (Å²) < 4.78 is 30.2. The third kappa shape index (κ3) is 4.45. The molecule has 154 valence electrons. The molecule has 1 aromatic heterocycles. The molecule has 0 bridgehead atoms. The third-order valence-electron chi connectivity index (χ3n) is 4.61. The Morgan fingerprint density at radius 2 is 1.70 bits per heavy atom. The van der Waals surface area contributed by atoms with Crippen LogP contribution >= 0.6 is 34.5 Å². The van der Waals surface area contributed by atoms with Gasteiger partial charge in [0, 0.05) is 16.6 Å². The average Bonchev–Trinajstić information content (AvgIpc) is 3.03. The Morgan fingerprint density at radius 3 is 2.43 bits per heavy atom. The highest BCUT2D eigenvalue weighted by molar-refractivity contribution is 7.89. The van der Waals surface area contributed by atoms with Crippen molar-refractivity contribution in [2.45, 2.75) is 18.0 Å². The van der Waals surface area contributed by atoms with Gasteiger partial charge in [0.1, 0.15) is 0 Å². The van der Waals surface area contributed by atoms with Crippen LogP contribution in [-0.2, 0) is 23.1 Å². The van der Waals surface area contributed by atoms with Gasteiger partial charge in [-0.2, -0.15) is 0 Å². The van der Waals surface area contributed by atoms with Crippen molar-refractivity contribution in [2.75, 3.05) is 0 Å². The minimum Gasteiger partial charge on any atom is -0.294 e. The molecule has 0 amide bonds. The molecule has 0 saturated heterocycles. The number of benzene rings is 3. The van der Waals surface area contributed by atoms with Gasteiger partial charge in [-0.1, -0.05) is 64.9 Å². The van der Waals surface area contributed by atoms with Gasteiger partial charge in [-0.05, 0) is 47.5 Å². The Morgan fingerprint density at radius 1 is 0.967 bits per heavy atom. The van der Waals surface area contributed by atoms with E-state index in [0.29, 0.717) is 32.4 Å². The van der Waals surface area contributed by atoms with Crippen LogP contribution in [0.1, 0.15) is 11.1 Å². The highest BCUT2D eigenvalue weighted by atomic mass is 35.5. The lowest BCUT2D eigenvalue weighted by Gasteiger charge is -2.09. The summed E-state index contributed by atoms with van der Waals surface area (Å²) in [7, 11) is -3.76. The van der Waals surface area contributed by atoms with Crippen molar-refractivity contribution in [1.82, 2.24) is 9.29 Å². The molecule has 0 aliphatic rings. The molecule has 5 nitrogen and oxygen atoms in total. The first-order valence-electron chi connectivity index (χ1n) is 8.94. The molecule has 0 saturated carbocycles. The highest BCUT2D eigenvalue weighted by Crippen LogP contribution is 2.23. The van der Waals surface area contributed by atoms with Crippen molar-refractivity contribution < 1.29 is 8.42 Å². The zero-order chi connectivity index (χ0) is 21.3. The first-order valence-corrected chi connectivity index (χ1v) is 12.0. The third-order valence-corrected chi connectivity index (χ3v) is 7.58. The molecular formula is C21H16Cl2N2O3S2. The zero-order valence-corrected chi connectivity index (χ0v) is 18.7. The van der Waals surface area contributed by atoms with Crippen molar-refractivity contribution >= 4 is 54.8 Å². The summed E-state index contributed by atoms with van der Waals surface area (Å²) in [4.78, 5) is 12.4. The number of thiazole rings is 1. The molecule has 0 unspecified atom stereocenters. The molecule has 9 heteroatoms. The lowest BCUT2D eigenvalue weighted by Crippen LogP contribution is -2.23. The standard InChI is InChI=1S/C21H16Cl2N2O3S2/c22-16-7-5-14(6-8-16)13-25-19-10-9-17(11-20(19)29-21(25)26)30(27,28)24-12-15-3-1-2-4-18(15)23/h1-11,24H,12-13H2. The maximum absolute atomic E-state index is 12.7. The maximum atomic E-state index is 12.7. The van der Waals surface area contributed by atoms with Crippen LogP contribution in [0, 0.1) is 0 Å². The van der Waals surface area contributed by atoms with Gasteiger partial charge < -0.3 is 0 Å². The second kappa shape index (κ2) is 8.53. The van der Waals surface area contributed by atoms with Gasteiger partial charge in [0.2, 0.25) is 10.0 Å². The van der Waals surface area contributed by atoms with Crippen molar-refractivity contribution in [3.8, 4) is 0 Å². The molecule has 0 aliphatic carbocycles. The van der Waals surface area contributed by atoms with Gasteiger partial charge in [0.15, 0.2) is 0 Å². The Balaban J connectivity index is 1.61. The molecule has 3 aromatic carbocycles. The Kier molecular flexibility index (Phi) is 5.99. The van der Waals surface area contributed by atoms with E-state index < -0.39 is 10.0 Å². The molecule has 4 rings (SSSR count). The topological polar surface area (TPSA) is 68.2 Å². The van der Waals surface area contributed by atoms with E-state index in [1.165, 1.54) is 12.1 Å². The predicted octanol–water partition coefficient (Wildman–Crippen LogP) is 4.90. The first kappa shape index (κ1) is 21.1. The zero-order valence-electron chi connectivity index (χ0n) is 15.5. The summed E-state index contributed by atoms with van der Waals surface area (Å²) in [6.45, 7) is 0.459. The number of sulfonamides is 1. The molecule has 1 N–H and O–H groups in total. The van der Waals surface area contributed by atoms with Gasteiger partial charge in [-0.3, -0.25) is 9.36 Å². The molecule has 4 aromatic rings. The summed E-state index contributed by atoms with van der Waals surface area (Å²) in [6.07, 6.45) is 0. The Hall–Kier alpha value is -2.16. The van der Waals surface area contributed by atoms with Crippen LogP contribution in [0.2, 0.25) is 10.0 Å². The van der Waals surface area contributed by atoms with Crippen LogP contribution < -0.4 is 9.60 Å². The summed E-state index contributed by atoms with van der Waals surface area (Å²) >= 11 is 13.0. The van der Waals surface area contributed by atoms with Crippen molar-refractivity contribution in [3.63, 3.8) is 0 Å². The van der Waals surface area contributed by atoms with E-state index in [9.17, 15) is 13.2 Å². The van der Waals surface area contributed by atoms with Gasteiger partial charge in [0.25, 0.3) is 0 Å². The van der Waals surface area contributed by atoms with Crippen LogP contribution in [0.25, 0.3) is 10.2 Å². The molecule has 0 spiro atoms. The van der Waals surface area contributed by atoms with Crippen LogP contribution in [0.15, 0.2) is 76.4 Å². The molecular weight excluding hydrogens is 463 g/mol. The number of nitrogens with one attached hydrogen (secondary N) is 1. The fraction of sp³-hybridized carbons (Fsp3) is 0.0952. The monoisotopic (exact) mass is 478 g/mol. The fourth-order valence-electron chi connectivity index (χ4n) is 3.03. The summed E-state index contributed by atoms with van der Waals surface area (Å²) in [5.74, 6) is 0. The van der Waals surface area contributed by atoms with E-state index in [-0.39, 0.29) is 16.3 Å². The van der Waals surface area contributed by atoms with Crippen LogP contribution in [0.4, 0.5) is 0 Å². The van der Waals surface area contributed by atoms with Crippen LogP contribution in [-0.4, -0.2) is 13.0 Å². The lowest BCUT2D eigenvalue weighted by molar-refractivity contribution is 0.581. The number of hydrogen-bond acceptors (Lipinski definition) is 4. The van der Waals surface area contributed by atoms with E-state index >= 15 is 0 Å². The second-order valence-electron chi connectivity index (χ2n) is 6.63. The van der Waals surface area contributed by atoms with Gasteiger partial charge in [-0.15, -0.1) is 0 Å². The number of aromatic nitrogens is 1. The van der Waals surface area contributed by atoms with E-state index in [4.69, 9.17) is 23.2 Å². The molecule has 0 radical (unpaired) electrons. The molecule has 0 fully saturated rings. The Bertz CT molecular complexity index is 1380. The summed E-state index contributed by atoms with van der Waals surface area (Å²) in [5, 5.41) is 1.12. The molecule has 0 atom stereocenters. The van der Waals surface area contributed by atoms with E-state index in [2.05, 4.69) is 4.72 Å². The fourth-order valence-corrected chi connectivity index (χ4v) is 5.40. The minimum atomic E-state index is -3.76. The minimum absolute atomic E-state index is 0.0772. The smallest absolute Gasteiger partial charge is 0.294 e. The normalized spacial score (nSPS) is 11.8. The van der Waals surface area contributed by atoms with Crippen LogP contribution in [0.5, 0.6) is 0 Å². The van der Waals surface area contributed by atoms with Gasteiger partial charge in [0.05, 0.1) is 21.7 Å². The number of rotatable bonds is 6. The molecule has 0 aliphatic heterocycles. The Labute approximate surface area is 187 Å². The summed E-state index contributed by atoms with van der Waals surface area (Å²) in [5.41, 5.74) is 2.30. The van der Waals surface area contributed by atoms with Crippen molar-refractivity contribution in [3.05, 3.63) is 97.6 Å². The van der Waals surface area contributed by atoms with E-state index in [0.717, 1.165) is 16.9 Å². The van der Waals surface area contributed by atoms with Crippen molar-refractivity contribution in [1.29, 1.82) is 0 Å². The largest absolute Gasteiger partial charge is 0.308 e. The summed E-state index contributed by atoms with van der Waals surface area (Å²) in [6, 6.07) is 19.0.